The molecular formula is C75H53BN4. The molecule has 16 rings (SSSR count). The molecule has 0 radical (unpaired) electrons. The number of hydrogen-bond donors (Lipinski definition) is 0. The van der Waals surface area contributed by atoms with E-state index in [1.54, 1.807) is 0 Å². The molecule has 0 saturated heterocycles. The molecule has 2 aliphatic heterocycles. The topological polar surface area (TPSA) is 13.0 Å². The number of para-hydroxylation sites is 4. The van der Waals surface area contributed by atoms with Crippen LogP contribution in [0.2, 0.25) is 0 Å². The Kier molecular flexibility index (Phi) is 10.4. The first-order valence-electron chi connectivity index (χ1n) is 27.9. The van der Waals surface area contributed by atoms with Crippen molar-refractivity contribution >= 4 is 91.3 Å². The van der Waals surface area contributed by atoms with Crippen LogP contribution in [0.15, 0.2) is 285 Å². The third-order valence-electron chi connectivity index (χ3n) is 17.3. The minimum absolute atomic E-state index is 0.0518. The summed E-state index contributed by atoms with van der Waals surface area (Å²) in [6, 6.07) is 106. The summed E-state index contributed by atoms with van der Waals surface area (Å²) < 4.78 is 0. The molecule has 2 heterocycles. The van der Waals surface area contributed by atoms with Gasteiger partial charge in [0.15, 0.2) is 0 Å². The molecule has 376 valence electrons. The number of hydrogen-bond acceptors (Lipinski definition) is 4. The summed E-state index contributed by atoms with van der Waals surface area (Å²) >= 11 is 0. The molecule has 0 atom stereocenters. The van der Waals surface area contributed by atoms with Crippen molar-refractivity contribution in [3.63, 3.8) is 0 Å². The van der Waals surface area contributed by atoms with Crippen LogP contribution in [-0.4, -0.2) is 6.71 Å². The molecule has 0 unspecified atom stereocenters. The monoisotopic (exact) mass is 1020 g/mol. The van der Waals surface area contributed by atoms with Gasteiger partial charge in [-0.2, -0.15) is 0 Å². The molecule has 12 aromatic carbocycles. The molecule has 0 fully saturated rings. The Labute approximate surface area is 468 Å². The van der Waals surface area contributed by atoms with Crippen molar-refractivity contribution in [2.24, 2.45) is 0 Å². The molecule has 5 heteroatoms. The van der Waals surface area contributed by atoms with Crippen molar-refractivity contribution in [2.75, 3.05) is 19.6 Å². The first kappa shape index (κ1) is 46.0. The largest absolute Gasteiger partial charge is 0.311 e. The zero-order valence-corrected chi connectivity index (χ0v) is 44.5. The summed E-state index contributed by atoms with van der Waals surface area (Å²) in [5, 5.41) is 0. The van der Waals surface area contributed by atoms with Crippen LogP contribution in [0, 0.1) is 13.8 Å². The molecule has 0 N–H and O–H groups in total. The van der Waals surface area contributed by atoms with Crippen molar-refractivity contribution in [3.05, 3.63) is 318 Å². The summed E-state index contributed by atoms with van der Waals surface area (Å²) in [6.45, 7) is 4.43. The van der Waals surface area contributed by atoms with E-state index in [4.69, 9.17) is 0 Å². The van der Waals surface area contributed by atoms with Gasteiger partial charge in [-0.15, -0.1) is 0 Å². The smallest absolute Gasteiger partial charge is 0.252 e. The lowest BCUT2D eigenvalue weighted by molar-refractivity contribution is 0.794. The summed E-state index contributed by atoms with van der Waals surface area (Å²) in [4.78, 5) is 9.89. The fraction of sp³-hybridized carbons (Fsp3) is 0.0400. The van der Waals surface area contributed by atoms with E-state index in [-0.39, 0.29) is 6.71 Å². The molecule has 12 aromatic rings. The van der Waals surface area contributed by atoms with Crippen LogP contribution >= 0.6 is 0 Å². The molecule has 80 heavy (non-hydrogen) atoms. The van der Waals surface area contributed by atoms with Gasteiger partial charge in [0.1, 0.15) is 0 Å². The maximum Gasteiger partial charge on any atom is 0.252 e. The van der Waals surface area contributed by atoms with E-state index in [1.807, 2.05) is 0 Å². The summed E-state index contributed by atoms with van der Waals surface area (Å²) in [5.41, 5.74) is 29.8. The number of fused-ring (bicyclic) bond motifs is 14. The average Bonchev–Trinajstić information content (AvgIpc) is 4.19. The minimum Gasteiger partial charge on any atom is -0.311 e. The Hall–Kier alpha value is -10.1. The highest BCUT2D eigenvalue weighted by Crippen LogP contribution is 2.63. The Morgan fingerprint density at radius 2 is 0.650 bits per heavy atom. The Morgan fingerprint density at radius 3 is 1.11 bits per heavy atom. The van der Waals surface area contributed by atoms with E-state index in [9.17, 15) is 0 Å². The lowest BCUT2D eigenvalue weighted by atomic mass is 9.33. The van der Waals surface area contributed by atoms with E-state index in [0.29, 0.717) is 0 Å². The maximum atomic E-state index is 2.59. The van der Waals surface area contributed by atoms with Crippen LogP contribution < -0.4 is 36.0 Å². The third-order valence-corrected chi connectivity index (χ3v) is 17.3. The SMILES string of the molecule is Cc1ccc2c(c1)B1c3cc(C)ccc3N(c3ccc4c(c3)-c3ccccc3C43c4ccccc4-c4ccccc43)c3cc(N(c4ccccc4)c4ccccc4)cc(c31)N2c1ccc(N(c2ccccc2)c2ccccc2)cc1. The van der Waals surface area contributed by atoms with Gasteiger partial charge in [0.25, 0.3) is 6.71 Å². The fourth-order valence-electron chi connectivity index (χ4n) is 14.1. The van der Waals surface area contributed by atoms with Crippen LogP contribution in [0.25, 0.3) is 22.3 Å². The van der Waals surface area contributed by atoms with E-state index in [2.05, 4.69) is 319 Å². The highest BCUT2D eigenvalue weighted by atomic mass is 15.2. The Bertz CT molecular complexity index is 4280. The number of aryl methyl sites for hydroxylation is 2. The van der Waals surface area contributed by atoms with Crippen LogP contribution in [0.3, 0.4) is 0 Å². The van der Waals surface area contributed by atoms with Gasteiger partial charge in [-0.25, -0.2) is 0 Å². The fourth-order valence-corrected chi connectivity index (χ4v) is 14.1. The molecule has 2 aliphatic carbocycles. The number of rotatable bonds is 8. The predicted molar refractivity (Wildman–Crippen MR) is 336 cm³/mol. The van der Waals surface area contributed by atoms with Crippen LogP contribution in [-0.2, 0) is 5.41 Å². The predicted octanol–water partition coefficient (Wildman–Crippen LogP) is 17.7. The van der Waals surface area contributed by atoms with Gasteiger partial charge in [0.05, 0.1) is 11.1 Å². The normalized spacial score (nSPS) is 13.4. The van der Waals surface area contributed by atoms with Gasteiger partial charge in [-0.05, 0) is 184 Å². The lowest BCUT2D eigenvalue weighted by Gasteiger charge is -2.45. The van der Waals surface area contributed by atoms with Crippen LogP contribution in [0.1, 0.15) is 33.4 Å². The van der Waals surface area contributed by atoms with Gasteiger partial charge < -0.3 is 19.6 Å². The summed E-state index contributed by atoms with van der Waals surface area (Å²) in [6.07, 6.45) is 0. The van der Waals surface area contributed by atoms with Crippen molar-refractivity contribution in [1.29, 1.82) is 0 Å². The molecule has 4 aliphatic rings. The quantitative estimate of drug-likeness (QED) is 0.141. The molecule has 0 saturated carbocycles. The van der Waals surface area contributed by atoms with Gasteiger partial charge in [-0.3, -0.25) is 0 Å². The van der Waals surface area contributed by atoms with Gasteiger partial charge in [0.2, 0.25) is 0 Å². The first-order valence-corrected chi connectivity index (χ1v) is 27.9. The van der Waals surface area contributed by atoms with E-state index in [0.717, 1.165) is 56.9 Å². The summed E-state index contributed by atoms with van der Waals surface area (Å²) in [7, 11) is 0. The Morgan fingerprint density at radius 1 is 0.287 bits per heavy atom. The zero-order chi connectivity index (χ0) is 53.1. The number of anilines is 12. The zero-order valence-electron chi connectivity index (χ0n) is 44.5. The van der Waals surface area contributed by atoms with Crippen molar-refractivity contribution in [3.8, 4) is 22.3 Å². The minimum atomic E-state index is -0.443. The second-order valence-electron chi connectivity index (χ2n) is 21.8. The van der Waals surface area contributed by atoms with Crippen LogP contribution in [0.5, 0.6) is 0 Å². The average molecular weight is 1020 g/mol. The van der Waals surface area contributed by atoms with E-state index in [1.165, 1.54) is 83.4 Å². The lowest BCUT2D eigenvalue weighted by Crippen LogP contribution is -2.61. The highest BCUT2D eigenvalue weighted by molar-refractivity contribution is 7.00. The third kappa shape index (κ3) is 6.77. The second-order valence-corrected chi connectivity index (χ2v) is 21.8. The van der Waals surface area contributed by atoms with Crippen LogP contribution in [0.4, 0.5) is 68.2 Å². The molecule has 0 amide bonds. The second kappa shape index (κ2) is 18.0. The molecular weight excluding hydrogens is 968 g/mol. The van der Waals surface area contributed by atoms with Crippen molar-refractivity contribution in [1.82, 2.24) is 0 Å². The maximum absolute atomic E-state index is 2.59. The van der Waals surface area contributed by atoms with Gasteiger partial charge in [0, 0.05) is 62.6 Å². The standard InChI is InChI=1S/C75H53BN4/c1-50-35-43-70-68(45-50)76-69-46-51(2)36-44-71(69)80(58-41-42-67-63(47-58)62-31-17-20-34-66(62)75(67)64-32-18-15-29-60(64)61-30-16-19-33-65(61)75)73-49-59(78(54-25-11-5-12-26-54)55-27-13-6-14-28-55)48-72(74(73)76)79(70)57-39-37-56(38-40-57)77(52-21-7-3-8-22-52)53-23-9-4-10-24-53/h3-49H,1-2H3. The Balaban J connectivity index is 0.961. The number of nitrogens with zero attached hydrogens (tertiary/aromatic N) is 4. The van der Waals surface area contributed by atoms with E-state index >= 15 is 0 Å². The first-order chi connectivity index (χ1) is 39.5. The molecule has 0 aromatic heterocycles. The highest BCUT2D eigenvalue weighted by Gasteiger charge is 2.52. The molecule has 1 spiro atoms. The number of benzene rings is 12. The van der Waals surface area contributed by atoms with Crippen molar-refractivity contribution < 1.29 is 0 Å². The summed E-state index contributed by atoms with van der Waals surface area (Å²) in [5.74, 6) is 0. The van der Waals surface area contributed by atoms with Gasteiger partial charge in [-0.1, -0.05) is 187 Å². The molecule has 0 bridgehead atoms. The van der Waals surface area contributed by atoms with Gasteiger partial charge >= 0.3 is 0 Å². The van der Waals surface area contributed by atoms with Crippen molar-refractivity contribution in [2.45, 2.75) is 19.3 Å². The molecule has 4 nitrogen and oxygen atoms in total. The van der Waals surface area contributed by atoms with E-state index < -0.39 is 5.41 Å².